The zero-order chi connectivity index (χ0) is 12.0. The normalized spacial score (nSPS) is 10.2. The minimum absolute atomic E-state index is 0.0593. The van der Waals surface area contributed by atoms with Gasteiger partial charge >= 0.3 is 0 Å². The first-order valence-corrected chi connectivity index (χ1v) is 6.00. The van der Waals surface area contributed by atoms with Crippen molar-refractivity contribution < 1.29 is 9.90 Å². The second kappa shape index (κ2) is 6.60. The Labute approximate surface area is 103 Å². The predicted octanol–water partition coefficient (Wildman–Crippen LogP) is 1.69. The number of aromatic nitrogens is 1. The highest BCUT2D eigenvalue weighted by Gasteiger charge is 2.16. The number of hydrogen-bond acceptors (Lipinski definition) is 3. The van der Waals surface area contributed by atoms with Crippen LogP contribution < -0.4 is 0 Å². The molecule has 5 heteroatoms. The lowest BCUT2D eigenvalue weighted by molar-refractivity contribution is 0.0753. The molecule has 1 rings (SSSR count). The van der Waals surface area contributed by atoms with Crippen LogP contribution in [0.5, 0.6) is 0 Å². The van der Waals surface area contributed by atoms with E-state index in [-0.39, 0.29) is 12.5 Å². The third kappa shape index (κ3) is 3.28. The van der Waals surface area contributed by atoms with Crippen molar-refractivity contribution in [2.24, 2.45) is 0 Å². The van der Waals surface area contributed by atoms with Gasteiger partial charge in [-0.05, 0) is 41.4 Å². The fraction of sp³-hybridized carbons (Fsp3) is 0.455. The topological polar surface area (TPSA) is 53.4 Å². The number of aliphatic hydroxyl groups is 1. The fourth-order valence-corrected chi connectivity index (χ4v) is 1.80. The van der Waals surface area contributed by atoms with E-state index in [4.69, 9.17) is 5.11 Å². The first kappa shape index (κ1) is 13.1. The van der Waals surface area contributed by atoms with Gasteiger partial charge < -0.3 is 10.0 Å². The molecule has 1 heterocycles. The van der Waals surface area contributed by atoms with E-state index >= 15 is 0 Å². The highest BCUT2D eigenvalue weighted by Crippen LogP contribution is 2.15. The van der Waals surface area contributed by atoms with Crippen LogP contribution in [-0.2, 0) is 0 Å². The summed E-state index contributed by atoms with van der Waals surface area (Å²) in [4.78, 5) is 17.8. The van der Waals surface area contributed by atoms with Gasteiger partial charge in [-0.2, -0.15) is 0 Å². The van der Waals surface area contributed by atoms with Gasteiger partial charge in [0.05, 0.1) is 5.56 Å². The lowest BCUT2D eigenvalue weighted by Gasteiger charge is -2.20. The Morgan fingerprint density at radius 2 is 2.38 bits per heavy atom. The Morgan fingerprint density at radius 1 is 1.62 bits per heavy atom. The van der Waals surface area contributed by atoms with Gasteiger partial charge in [0.25, 0.3) is 5.91 Å². The largest absolute Gasteiger partial charge is 0.396 e. The van der Waals surface area contributed by atoms with Crippen LogP contribution in [0.4, 0.5) is 0 Å². The summed E-state index contributed by atoms with van der Waals surface area (Å²) in [5.41, 5.74) is 0.558. The standard InChI is InChI=1S/C11H15BrN2O2/c1-2-14(7-4-8-15)11(16)9-5-3-6-13-10(9)12/h3,5-6,15H,2,4,7-8H2,1H3. The monoisotopic (exact) mass is 286 g/mol. The first-order chi connectivity index (χ1) is 7.70. The highest BCUT2D eigenvalue weighted by atomic mass is 79.9. The molecule has 0 bridgehead atoms. The molecule has 88 valence electrons. The predicted molar refractivity (Wildman–Crippen MR) is 65.2 cm³/mol. The number of rotatable bonds is 5. The van der Waals surface area contributed by atoms with Gasteiger partial charge in [-0.1, -0.05) is 0 Å². The summed E-state index contributed by atoms with van der Waals surface area (Å²) in [7, 11) is 0. The summed E-state index contributed by atoms with van der Waals surface area (Å²) >= 11 is 3.25. The third-order valence-electron chi connectivity index (χ3n) is 2.24. The summed E-state index contributed by atoms with van der Waals surface area (Å²) < 4.78 is 0.558. The Balaban J connectivity index is 2.79. The zero-order valence-electron chi connectivity index (χ0n) is 9.19. The highest BCUT2D eigenvalue weighted by molar-refractivity contribution is 9.10. The van der Waals surface area contributed by atoms with E-state index in [1.807, 2.05) is 6.92 Å². The van der Waals surface area contributed by atoms with Crippen molar-refractivity contribution in [2.75, 3.05) is 19.7 Å². The summed E-state index contributed by atoms with van der Waals surface area (Å²) in [5, 5.41) is 8.76. The van der Waals surface area contributed by atoms with Gasteiger partial charge in [-0.25, -0.2) is 4.98 Å². The minimum Gasteiger partial charge on any atom is -0.396 e. The smallest absolute Gasteiger partial charge is 0.256 e. The maximum Gasteiger partial charge on any atom is 0.256 e. The van der Waals surface area contributed by atoms with Crippen molar-refractivity contribution in [1.29, 1.82) is 0 Å². The van der Waals surface area contributed by atoms with E-state index in [0.717, 1.165) is 0 Å². The number of halogens is 1. The van der Waals surface area contributed by atoms with E-state index in [2.05, 4.69) is 20.9 Å². The average Bonchev–Trinajstić information content (AvgIpc) is 2.30. The molecule has 1 amide bonds. The van der Waals surface area contributed by atoms with Crippen LogP contribution in [0.15, 0.2) is 22.9 Å². The van der Waals surface area contributed by atoms with Crippen molar-refractivity contribution in [3.63, 3.8) is 0 Å². The van der Waals surface area contributed by atoms with Gasteiger partial charge in [0.2, 0.25) is 0 Å². The molecule has 1 N–H and O–H groups in total. The number of nitrogens with zero attached hydrogens (tertiary/aromatic N) is 2. The van der Waals surface area contributed by atoms with E-state index < -0.39 is 0 Å². The van der Waals surface area contributed by atoms with Gasteiger partial charge in [0.1, 0.15) is 4.60 Å². The molecule has 1 aromatic rings. The molecule has 0 aromatic carbocycles. The molecule has 0 aliphatic rings. The van der Waals surface area contributed by atoms with Gasteiger partial charge in [-0.3, -0.25) is 4.79 Å². The van der Waals surface area contributed by atoms with Crippen LogP contribution in [0.25, 0.3) is 0 Å². The van der Waals surface area contributed by atoms with Crippen molar-refractivity contribution >= 4 is 21.8 Å². The summed E-state index contributed by atoms with van der Waals surface area (Å²) in [5.74, 6) is -0.0593. The molecular weight excluding hydrogens is 272 g/mol. The van der Waals surface area contributed by atoms with Gasteiger partial charge in [0.15, 0.2) is 0 Å². The van der Waals surface area contributed by atoms with Crippen LogP contribution in [0.2, 0.25) is 0 Å². The SMILES string of the molecule is CCN(CCCO)C(=O)c1cccnc1Br. The number of carbonyl (C=O) groups excluding carboxylic acids is 1. The van der Waals surface area contributed by atoms with Crippen LogP contribution in [-0.4, -0.2) is 40.6 Å². The Kier molecular flexibility index (Phi) is 5.42. The van der Waals surface area contributed by atoms with Crippen LogP contribution in [0.1, 0.15) is 23.7 Å². The minimum atomic E-state index is -0.0593. The maximum atomic E-state index is 12.1. The molecule has 0 unspecified atom stereocenters. The molecule has 0 aliphatic carbocycles. The summed E-state index contributed by atoms with van der Waals surface area (Å²) in [6.45, 7) is 3.20. The molecule has 1 aromatic heterocycles. The fourth-order valence-electron chi connectivity index (χ4n) is 1.38. The van der Waals surface area contributed by atoms with Crippen molar-refractivity contribution in [3.8, 4) is 0 Å². The lowest BCUT2D eigenvalue weighted by Crippen LogP contribution is -2.32. The molecule has 4 nitrogen and oxygen atoms in total. The van der Waals surface area contributed by atoms with Crippen LogP contribution in [0.3, 0.4) is 0 Å². The van der Waals surface area contributed by atoms with Gasteiger partial charge in [-0.15, -0.1) is 0 Å². The quantitative estimate of drug-likeness (QED) is 0.838. The molecule has 16 heavy (non-hydrogen) atoms. The molecular formula is C11H15BrN2O2. The molecule has 0 spiro atoms. The molecule has 0 atom stereocenters. The van der Waals surface area contributed by atoms with Crippen LogP contribution in [0, 0.1) is 0 Å². The second-order valence-electron chi connectivity index (χ2n) is 3.30. The molecule has 0 radical (unpaired) electrons. The number of hydrogen-bond donors (Lipinski definition) is 1. The van der Waals surface area contributed by atoms with Crippen molar-refractivity contribution in [3.05, 3.63) is 28.5 Å². The number of amides is 1. The molecule has 0 fully saturated rings. The van der Waals surface area contributed by atoms with Crippen LogP contribution >= 0.6 is 15.9 Å². The van der Waals surface area contributed by atoms with E-state index in [0.29, 0.717) is 29.7 Å². The number of aliphatic hydroxyl groups excluding tert-OH is 1. The molecule has 0 saturated carbocycles. The number of pyridine rings is 1. The Morgan fingerprint density at radius 3 is 2.94 bits per heavy atom. The van der Waals surface area contributed by atoms with Gasteiger partial charge in [0, 0.05) is 25.9 Å². The second-order valence-corrected chi connectivity index (χ2v) is 4.05. The zero-order valence-corrected chi connectivity index (χ0v) is 10.8. The van der Waals surface area contributed by atoms with Crippen molar-refractivity contribution in [1.82, 2.24) is 9.88 Å². The third-order valence-corrected chi connectivity index (χ3v) is 2.88. The first-order valence-electron chi connectivity index (χ1n) is 5.21. The lowest BCUT2D eigenvalue weighted by atomic mass is 10.2. The Bertz CT molecular complexity index is 358. The van der Waals surface area contributed by atoms with Crippen molar-refractivity contribution in [2.45, 2.75) is 13.3 Å². The summed E-state index contributed by atoms with van der Waals surface area (Å²) in [6, 6.07) is 3.47. The van der Waals surface area contributed by atoms with E-state index in [9.17, 15) is 4.79 Å². The van der Waals surface area contributed by atoms with E-state index in [1.54, 1.807) is 23.2 Å². The number of carbonyl (C=O) groups is 1. The average molecular weight is 287 g/mol. The Hall–Kier alpha value is -0.940. The maximum absolute atomic E-state index is 12.1. The van der Waals surface area contributed by atoms with E-state index in [1.165, 1.54) is 0 Å². The summed E-state index contributed by atoms with van der Waals surface area (Å²) in [6.07, 6.45) is 2.22. The molecule has 0 saturated heterocycles. The molecule has 0 aliphatic heterocycles.